The fourth-order valence-corrected chi connectivity index (χ4v) is 7.15. The molecule has 1 aliphatic heterocycles. The van der Waals surface area contributed by atoms with Crippen LogP contribution in [0.25, 0.3) is 11.1 Å². The number of fused-ring (bicyclic) bond motifs is 5. The van der Waals surface area contributed by atoms with Crippen molar-refractivity contribution in [2.24, 2.45) is 4.99 Å². The van der Waals surface area contributed by atoms with Gasteiger partial charge in [-0.1, -0.05) is 109 Å². The van der Waals surface area contributed by atoms with Gasteiger partial charge in [-0.2, -0.15) is 0 Å². The molecule has 6 rings (SSSR count). The molecule has 4 aromatic carbocycles. The lowest BCUT2D eigenvalue weighted by atomic mass is 9.96. The molecule has 30 heavy (non-hydrogen) atoms. The highest BCUT2D eigenvalue weighted by molar-refractivity contribution is 7.88. The maximum Gasteiger partial charge on any atom is 0.186 e. The summed E-state index contributed by atoms with van der Waals surface area (Å²) in [5.41, 5.74) is 6.33. The Hall–Kier alpha value is -3.30. The quantitative estimate of drug-likeness (QED) is 0.424. The number of hydrogen-bond acceptors (Lipinski definition) is 2. The standard InChI is InChI=1S/C27H19NOS/c29-30-26(24-17-9-7-15-22(24)23-16-8-10-18-25(23)26)19-28-27(30,20-11-3-1-4-12-20)21-13-5-2-6-14-21/h1-19H. The summed E-state index contributed by atoms with van der Waals surface area (Å²) >= 11 is 0. The van der Waals surface area contributed by atoms with E-state index in [1.54, 1.807) is 0 Å². The minimum absolute atomic E-state index is 0.765. The second kappa shape index (κ2) is 6.35. The van der Waals surface area contributed by atoms with Crippen molar-refractivity contribution in [1.82, 2.24) is 0 Å². The molecule has 1 spiro atoms. The fraction of sp³-hybridized carbons (Fsp3) is 0.0741. The van der Waals surface area contributed by atoms with Gasteiger partial charge < -0.3 is 0 Å². The van der Waals surface area contributed by atoms with Gasteiger partial charge in [0.25, 0.3) is 0 Å². The van der Waals surface area contributed by atoms with E-state index >= 15 is 0 Å². The molecule has 1 atom stereocenters. The number of nitrogens with zero attached hydrogens (tertiary/aromatic N) is 1. The van der Waals surface area contributed by atoms with Crippen molar-refractivity contribution in [3.63, 3.8) is 0 Å². The van der Waals surface area contributed by atoms with Crippen LogP contribution in [-0.2, 0) is 20.4 Å². The Kier molecular flexibility index (Phi) is 3.71. The summed E-state index contributed by atoms with van der Waals surface area (Å²) in [6.45, 7) is 0. The number of benzene rings is 4. The van der Waals surface area contributed by atoms with Crippen LogP contribution < -0.4 is 0 Å². The molecule has 2 aliphatic rings. The molecular weight excluding hydrogens is 386 g/mol. The van der Waals surface area contributed by atoms with Crippen LogP contribution in [0.15, 0.2) is 114 Å². The highest BCUT2D eigenvalue weighted by Gasteiger charge is 2.59. The topological polar surface area (TPSA) is 29.4 Å². The Morgan fingerprint density at radius 1 is 0.567 bits per heavy atom. The van der Waals surface area contributed by atoms with E-state index < -0.39 is 20.4 Å². The maximum absolute atomic E-state index is 14.8. The molecule has 0 aromatic heterocycles. The van der Waals surface area contributed by atoms with E-state index in [1.165, 1.54) is 0 Å². The van der Waals surface area contributed by atoms with E-state index in [-0.39, 0.29) is 0 Å². The van der Waals surface area contributed by atoms with Gasteiger partial charge in [0.05, 0.1) is 10.8 Å². The van der Waals surface area contributed by atoms with E-state index in [0.29, 0.717) is 0 Å². The Morgan fingerprint density at radius 2 is 1.00 bits per heavy atom. The second-order valence-corrected chi connectivity index (χ2v) is 9.50. The van der Waals surface area contributed by atoms with Gasteiger partial charge in [0.2, 0.25) is 0 Å². The van der Waals surface area contributed by atoms with Crippen LogP contribution in [-0.4, -0.2) is 10.4 Å². The van der Waals surface area contributed by atoms with Crippen LogP contribution in [0.1, 0.15) is 22.3 Å². The maximum atomic E-state index is 14.8. The third-order valence-corrected chi connectivity index (χ3v) is 8.51. The first-order valence-electron chi connectivity index (χ1n) is 10.1. The van der Waals surface area contributed by atoms with Gasteiger partial charge in [-0.15, -0.1) is 0 Å². The summed E-state index contributed by atoms with van der Waals surface area (Å²) in [6.07, 6.45) is 1.95. The molecule has 1 unspecified atom stereocenters. The summed E-state index contributed by atoms with van der Waals surface area (Å²) in [5, 5.41) is 0. The summed E-state index contributed by atoms with van der Waals surface area (Å²) in [6, 6.07) is 36.7. The van der Waals surface area contributed by atoms with Crippen LogP contribution in [0, 0.1) is 0 Å². The Labute approximate surface area is 178 Å². The molecule has 0 bridgehead atoms. The van der Waals surface area contributed by atoms with E-state index in [4.69, 9.17) is 4.99 Å². The van der Waals surface area contributed by atoms with Gasteiger partial charge in [0.1, 0.15) is 4.75 Å². The molecule has 144 valence electrons. The third kappa shape index (κ3) is 2.08. The van der Waals surface area contributed by atoms with E-state index in [9.17, 15) is 4.21 Å². The third-order valence-electron chi connectivity index (χ3n) is 6.26. The van der Waals surface area contributed by atoms with E-state index in [2.05, 4.69) is 24.3 Å². The van der Waals surface area contributed by atoms with E-state index in [1.807, 2.05) is 91.1 Å². The highest BCUT2D eigenvalue weighted by atomic mass is 32.2. The predicted molar refractivity (Wildman–Crippen MR) is 123 cm³/mol. The molecular formula is C27H19NOS. The molecule has 2 nitrogen and oxygen atoms in total. The predicted octanol–water partition coefficient (Wildman–Crippen LogP) is 5.65. The molecule has 0 N–H and O–H groups in total. The second-order valence-electron chi connectivity index (χ2n) is 7.73. The van der Waals surface area contributed by atoms with Gasteiger partial charge in [-0.3, -0.25) is 9.20 Å². The largest absolute Gasteiger partial charge is 0.265 e. The first kappa shape index (κ1) is 17.5. The fourth-order valence-electron chi connectivity index (χ4n) is 4.94. The zero-order valence-electron chi connectivity index (χ0n) is 16.2. The number of aliphatic imine (C=N–C) groups is 1. The summed E-state index contributed by atoms with van der Waals surface area (Å²) in [4.78, 5) is 4.15. The number of rotatable bonds is 2. The summed E-state index contributed by atoms with van der Waals surface area (Å²) in [5.74, 6) is 0. The molecule has 0 saturated heterocycles. The average Bonchev–Trinajstić information content (AvgIpc) is 3.30. The molecule has 0 fully saturated rings. The van der Waals surface area contributed by atoms with Crippen LogP contribution in [0.4, 0.5) is 0 Å². The van der Waals surface area contributed by atoms with Crippen molar-refractivity contribution >= 4 is 17.0 Å². The average molecular weight is 406 g/mol. The van der Waals surface area contributed by atoms with Crippen molar-refractivity contribution in [1.29, 1.82) is 0 Å². The van der Waals surface area contributed by atoms with Crippen molar-refractivity contribution in [2.75, 3.05) is 0 Å². The van der Waals surface area contributed by atoms with Crippen molar-refractivity contribution in [3.8, 4) is 11.1 Å². The lowest BCUT2D eigenvalue weighted by molar-refractivity contribution is 0.647. The van der Waals surface area contributed by atoms with Crippen LogP contribution in [0.3, 0.4) is 0 Å². The molecule has 4 aromatic rings. The molecule has 0 amide bonds. The molecule has 3 heteroatoms. The Bertz CT molecular complexity index is 1220. The van der Waals surface area contributed by atoms with Gasteiger partial charge in [-0.25, -0.2) is 0 Å². The summed E-state index contributed by atoms with van der Waals surface area (Å²) in [7, 11) is -1.40. The van der Waals surface area contributed by atoms with E-state index in [0.717, 1.165) is 33.4 Å². The van der Waals surface area contributed by atoms with Gasteiger partial charge >= 0.3 is 0 Å². The monoisotopic (exact) mass is 405 g/mol. The SMILES string of the molecule is O=S1C2(C=NC1(c1ccccc1)c1ccccc1)c1ccccc1-c1ccccc12. The Balaban J connectivity index is 1.68. The van der Waals surface area contributed by atoms with Crippen LogP contribution in [0.5, 0.6) is 0 Å². The lowest BCUT2D eigenvalue weighted by Crippen LogP contribution is -2.38. The van der Waals surface area contributed by atoms with Crippen molar-refractivity contribution in [3.05, 3.63) is 131 Å². The minimum atomic E-state index is -1.40. The van der Waals surface area contributed by atoms with Gasteiger partial charge in [-0.05, 0) is 33.4 Å². The van der Waals surface area contributed by atoms with Crippen LogP contribution in [0.2, 0.25) is 0 Å². The first-order valence-corrected chi connectivity index (χ1v) is 11.2. The van der Waals surface area contributed by atoms with Crippen LogP contribution >= 0.6 is 0 Å². The zero-order chi connectivity index (χ0) is 20.2. The molecule has 1 aliphatic carbocycles. The smallest absolute Gasteiger partial charge is 0.186 e. The first-order chi connectivity index (χ1) is 14.8. The van der Waals surface area contributed by atoms with Gasteiger partial charge in [0.15, 0.2) is 4.87 Å². The highest BCUT2D eigenvalue weighted by Crippen LogP contribution is 2.58. The van der Waals surface area contributed by atoms with Crippen molar-refractivity contribution < 1.29 is 4.21 Å². The molecule has 0 radical (unpaired) electrons. The minimum Gasteiger partial charge on any atom is -0.265 e. The normalized spacial score (nSPS) is 19.5. The van der Waals surface area contributed by atoms with Gasteiger partial charge in [0, 0.05) is 6.21 Å². The lowest BCUT2D eigenvalue weighted by Gasteiger charge is -2.32. The molecule has 0 saturated carbocycles. The zero-order valence-corrected chi connectivity index (χ0v) is 17.0. The summed E-state index contributed by atoms with van der Waals surface area (Å²) < 4.78 is 14.0. The van der Waals surface area contributed by atoms with Crippen molar-refractivity contribution in [2.45, 2.75) is 9.62 Å². The Morgan fingerprint density at radius 3 is 1.50 bits per heavy atom. The number of hydrogen-bond donors (Lipinski definition) is 0. The molecule has 1 heterocycles.